The summed E-state index contributed by atoms with van der Waals surface area (Å²) in [5, 5.41) is 0.858. The Morgan fingerprint density at radius 1 is 0.958 bits per heavy atom. The molecule has 3 rings (SSSR count). The lowest BCUT2D eigenvalue weighted by atomic mass is 10.1. The van der Waals surface area contributed by atoms with Crippen LogP contribution in [0.25, 0.3) is 10.9 Å². The topological polar surface area (TPSA) is 39.2 Å². The van der Waals surface area contributed by atoms with Crippen molar-refractivity contribution in [1.29, 1.82) is 0 Å². The van der Waals surface area contributed by atoms with Crippen LogP contribution in [0.1, 0.15) is 21.6 Å². The maximum Gasteiger partial charge on any atom is 0.416 e. The van der Waals surface area contributed by atoms with E-state index in [-0.39, 0.29) is 11.3 Å². The third kappa shape index (κ3) is 3.37. The monoisotopic (exact) mass is 331 g/mol. The zero-order valence-electron chi connectivity index (χ0n) is 12.4. The van der Waals surface area contributed by atoms with E-state index < -0.39 is 24.3 Å². The van der Waals surface area contributed by atoms with Crippen LogP contribution in [0.4, 0.5) is 13.2 Å². The first kappa shape index (κ1) is 16.0. The fourth-order valence-electron chi connectivity index (χ4n) is 2.32. The minimum atomic E-state index is -4.50. The fraction of sp³-hybridized carbons (Fsp3) is 0.111. The number of aromatic nitrogens is 1. The van der Waals surface area contributed by atoms with Gasteiger partial charge in [-0.2, -0.15) is 13.2 Å². The Bertz CT molecular complexity index is 891. The Labute approximate surface area is 135 Å². The predicted molar refractivity (Wildman–Crippen MR) is 82.3 cm³/mol. The second-order valence-electron chi connectivity index (χ2n) is 5.12. The number of fused-ring (bicyclic) bond motifs is 1. The summed E-state index contributed by atoms with van der Waals surface area (Å²) in [4.78, 5) is 16.2. The molecule has 0 spiro atoms. The molecule has 0 fully saturated rings. The van der Waals surface area contributed by atoms with Crippen LogP contribution in [0.3, 0.4) is 0 Å². The standard InChI is InChI=1S/C18H12F3NO2/c19-18(20,21)14-7-3-1-6-13(14)11-24-17(23)16-10-9-12-5-2-4-8-15(12)22-16/h1-10H,11H2. The highest BCUT2D eigenvalue weighted by Gasteiger charge is 2.33. The van der Waals surface area contributed by atoms with Gasteiger partial charge >= 0.3 is 12.1 Å². The zero-order chi connectivity index (χ0) is 17.2. The molecule has 3 nitrogen and oxygen atoms in total. The van der Waals surface area contributed by atoms with Crippen LogP contribution < -0.4 is 0 Å². The van der Waals surface area contributed by atoms with Crippen LogP contribution in [0.5, 0.6) is 0 Å². The highest BCUT2D eigenvalue weighted by atomic mass is 19.4. The van der Waals surface area contributed by atoms with E-state index in [0.717, 1.165) is 11.5 Å². The third-order valence-corrected chi connectivity index (χ3v) is 3.49. The van der Waals surface area contributed by atoms with Gasteiger partial charge in [-0.15, -0.1) is 0 Å². The summed E-state index contributed by atoms with van der Waals surface area (Å²) in [5.74, 6) is -0.766. The Morgan fingerprint density at radius 3 is 2.46 bits per heavy atom. The number of para-hydroxylation sites is 1. The number of hydrogen-bond donors (Lipinski definition) is 0. The van der Waals surface area contributed by atoms with Gasteiger partial charge in [-0.25, -0.2) is 9.78 Å². The number of alkyl halides is 3. The lowest BCUT2D eigenvalue weighted by Gasteiger charge is -2.12. The van der Waals surface area contributed by atoms with Gasteiger partial charge < -0.3 is 4.74 Å². The molecule has 2 aromatic carbocycles. The molecular formula is C18H12F3NO2. The SMILES string of the molecule is O=C(OCc1ccccc1C(F)(F)F)c1ccc2ccccc2n1. The maximum absolute atomic E-state index is 12.9. The second-order valence-corrected chi connectivity index (χ2v) is 5.12. The van der Waals surface area contributed by atoms with Gasteiger partial charge in [0.05, 0.1) is 11.1 Å². The van der Waals surface area contributed by atoms with Crippen LogP contribution in [0.15, 0.2) is 60.7 Å². The van der Waals surface area contributed by atoms with Crippen molar-refractivity contribution < 1.29 is 22.7 Å². The summed E-state index contributed by atoms with van der Waals surface area (Å²) in [6.45, 7) is -0.469. The molecule has 0 amide bonds. The van der Waals surface area contributed by atoms with Gasteiger partial charge in [0.15, 0.2) is 0 Å². The summed E-state index contributed by atoms with van der Waals surface area (Å²) in [7, 11) is 0. The first-order valence-corrected chi connectivity index (χ1v) is 7.13. The van der Waals surface area contributed by atoms with Gasteiger partial charge in [0.1, 0.15) is 12.3 Å². The Kier molecular flexibility index (Phi) is 4.20. The number of pyridine rings is 1. The first-order chi connectivity index (χ1) is 11.4. The first-order valence-electron chi connectivity index (χ1n) is 7.13. The van der Waals surface area contributed by atoms with Gasteiger partial charge in [-0.1, -0.05) is 42.5 Å². The molecular weight excluding hydrogens is 319 g/mol. The van der Waals surface area contributed by atoms with E-state index in [1.807, 2.05) is 12.1 Å². The van der Waals surface area contributed by atoms with Crippen molar-refractivity contribution in [2.45, 2.75) is 12.8 Å². The molecule has 0 unspecified atom stereocenters. The molecule has 6 heteroatoms. The van der Waals surface area contributed by atoms with Crippen LogP contribution in [-0.2, 0) is 17.5 Å². The molecule has 0 bridgehead atoms. The second kappa shape index (κ2) is 6.31. The van der Waals surface area contributed by atoms with E-state index in [2.05, 4.69) is 4.98 Å². The summed E-state index contributed by atoms with van der Waals surface area (Å²) in [5.41, 5.74) is -0.246. The van der Waals surface area contributed by atoms with Gasteiger partial charge in [-0.05, 0) is 18.2 Å². The van der Waals surface area contributed by atoms with E-state index >= 15 is 0 Å². The van der Waals surface area contributed by atoms with E-state index in [4.69, 9.17) is 4.74 Å². The molecule has 0 N–H and O–H groups in total. The number of benzene rings is 2. The number of esters is 1. The average Bonchev–Trinajstić information content (AvgIpc) is 2.58. The number of ether oxygens (including phenoxy) is 1. The quantitative estimate of drug-likeness (QED) is 0.658. The normalized spacial score (nSPS) is 11.5. The smallest absolute Gasteiger partial charge is 0.416 e. The predicted octanol–water partition coefficient (Wildman–Crippen LogP) is 4.61. The minimum Gasteiger partial charge on any atom is -0.456 e. The molecule has 0 saturated heterocycles. The maximum atomic E-state index is 12.9. The van der Waals surface area contributed by atoms with E-state index in [0.29, 0.717) is 5.52 Å². The van der Waals surface area contributed by atoms with E-state index in [1.165, 1.54) is 24.3 Å². The van der Waals surface area contributed by atoms with Crippen LogP contribution in [0.2, 0.25) is 0 Å². The van der Waals surface area contributed by atoms with E-state index in [1.54, 1.807) is 18.2 Å². The molecule has 0 aliphatic carbocycles. The van der Waals surface area contributed by atoms with Crippen molar-refractivity contribution in [2.24, 2.45) is 0 Å². The Morgan fingerprint density at radius 2 is 1.67 bits per heavy atom. The summed E-state index contributed by atoms with van der Waals surface area (Å²) >= 11 is 0. The van der Waals surface area contributed by atoms with Crippen molar-refractivity contribution in [3.8, 4) is 0 Å². The molecule has 0 aliphatic heterocycles. The number of carbonyl (C=O) groups excluding carboxylic acids is 1. The third-order valence-electron chi connectivity index (χ3n) is 3.49. The number of halogens is 3. The largest absolute Gasteiger partial charge is 0.456 e. The van der Waals surface area contributed by atoms with Gasteiger partial charge in [-0.3, -0.25) is 0 Å². The number of rotatable bonds is 3. The van der Waals surface area contributed by atoms with Gasteiger partial charge in [0.2, 0.25) is 0 Å². The average molecular weight is 331 g/mol. The fourth-order valence-corrected chi connectivity index (χ4v) is 2.32. The van der Waals surface area contributed by atoms with Crippen LogP contribution in [0, 0.1) is 0 Å². The van der Waals surface area contributed by atoms with Crippen molar-refractivity contribution >= 4 is 16.9 Å². The molecule has 0 radical (unpaired) electrons. The van der Waals surface area contributed by atoms with Gasteiger partial charge in [0.25, 0.3) is 0 Å². The van der Waals surface area contributed by atoms with Crippen molar-refractivity contribution in [2.75, 3.05) is 0 Å². The number of hydrogen-bond acceptors (Lipinski definition) is 3. The summed E-state index contributed by atoms with van der Waals surface area (Å²) in [6.07, 6.45) is -4.50. The van der Waals surface area contributed by atoms with Gasteiger partial charge in [0, 0.05) is 10.9 Å². The lowest BCUT2D eigenvalue weighted by molar-refractivity contribution is -0.138. The molecule has 3 aromatic rings. The van der Waals surface area contributed by atoms with E-state index in [9.17, 15) is 18.0 Å². The molecule has 0 atom stereocenters. The molecule has 122 valence electrons. The lowest BCUT2D eigenvalue weighted by Crippen LogP contribution is -2.12. The highest BCUT2D eigenvalue weighted by molar-refractivity contribution is 5.91. The highest BCUT2D eigenvalue weighted by Crippen LogP contribution is 2.32. The number of carbonyl (C=O) groups is 1. The zero-order valence-corrected chi connectivity index (χ0v) is 12.4. The van der Waals surface area contributed by atoms with Crippen LogP contribution in [-0.4, -0.2) is 11.0 Å². The van der Waals surface area contributed by atoms with Crippen molar-refractivity contribution in [3.05, 3.63) is 77.5 Å². The summed E-state index contributed by atoms with van der Waals surface area (Å²) < 4.78 is 43.7. The molecule has 0 saturated carbocycles. The summed E-state index contributed by atoms with van der Waals surface area (Å²) in [6, 6.07) is 15.4. The van der Waals surface area contributed by atoms with Crippen molar-refractivity contribution in [3.63, 3.8) is 0 Å². The molecule has 1 aromatic heterocycles. The van der Waals surface area contributed by atoms with Crippen molar-refractivity contribution in [1.82, 2.24) is 4.98 Å². The number of nitrogens with zero attached hydrogens (tertiary/aromatic N) is 1. The molecule has 0 aliphatic rings. The molecule has 24 heavy (non-hydrogen) atoms. The molecule has 1 heterocycles. The van der Waals surface area contributed by atoms with Crippen LogP contribution >= 0.6 is 0 Å². The minimum absolute atomic E-state index is 0.0539. The Hall–Kier alpha value is -2.89. The Balaban J connectivity index is 1.78.